The summed E-state index contributed by atoms with van der Waals surface area (Å²) >= 11 is 0. The standard InChI is InChI=1S/C11H11NO2.C7H6/c1-12(2)9-5-3-8-4-6-11(13)14-10(8)7-9;1-2-7-4-3-6(1)5-7/h3-7H,1-2H3;1-4H,5H2. The molecule has 0 fully saturated rings. The molecule has 0 amide bonds. The molecule has 4 rings (SSSR count). The van der Waals surface area contributed by atoms with Crippen LogP contribution < -0.4 is 10.5 Å². The summed E-state index contributed by atoms with van der Waals surface area (Å²) in [6.45, 7) is 0. The van der Waals surface area contributed by atoms with E-state index in [1.807, 2.05) is 37.2 Å². The Labute approximate surface area is 123 Å². The molecule has 0 aliphatic heterocycles. The van der Waals surface area contributed by atoms with E-state index in [0.717, 1.165) is 11.1 Å². The van der Waals surface area contributed by atoms with Crippen molar-refractivity contribution in [2.75, 3.05) is 19.0 Å². The summed E-state index contributed by atoms with van der Waals surface area (Å²) in [6, 6.07) is 8.98. The van der Waals surface area contributed by atoms with E-state index in [0.29, 0.717) is 5.58 Å². The topological polar surface area (TPSA) is 33.5 Å². The van der Waals surface area contributed by atoms with Crippen LogP contribution in [0.15, 0.2) is 75.0 Å². The van der Waals surface area contributed by atoms with Crippen molar-refractivity contribution in [1.82, 2.24) is 0 Å². The van der Waals surface area contributed by atoms with Crippen molar-refractivity contribution in [2.45, 2.75) is 6.42 Å². The van der Waals surface area contributed by atoms with Crippen LogP contribution >= 0.6 is 0 Å². The summed E-state index contributed by atoms with van der Waals surface area (Å²) in [7, 11) is 3.89. The van der Waals surface area contributed by atoms with Gasteiger partial charge in [-0.2, -0.15) is 0 Å². The van der Waals surface area contributed by atoms with Crippen molar-refractivity contribution < 1.29 is 4.42 Å². The van der Waals surface area contributed by atoms with E-state index < -0.39 is 0 Å². The Hall–Kier alpha value is -2.55. The zero-order valence-electron chi connectivity index (χ0n) is 12.2. The fourth-order valence-electron chi connectivity index (χ4n) is 2.34. The quantitative estimate of drug-likeness (QED) is 0.747. The first kappa shape index (κ1) is 13.4. The van der Waals surface area contributed by atoms with E-state index in [1.165, 1.54) is 23.6 Å². The molecular formula is C18H17NO2. The summed E-state index contributed by atoms with van der Waals surface area (Å²) in [6.07, 6.45) is 9.90. The van der Waals surface area contributed by atoms with Gasteiger partial charge in [-0.1, -0.05) is 24.3 Å². The molecule has 3 nitrogen and oxygen atoms in total. The van der Waals surface area contributed by atoms with Gasteiger partial charge in [0.1, 0.15) is 5.58 Å². The maximum absolute atomic E-state index is 11.0. The molecule has 0 atom stereocenters. The minimum absolute atomic E-state index is 0.312. The zero-order valence-corrected chi connectivity index (χ0v) is 12.2. The summed E-state index contributed by atoms with van der Waals surface area (Å²) in [5, 5.41) is 0.940. The van der Waals surface area contributed by atoms with Crippen molar-refractivity contribution in [3.63, 3.8) is 0 Å². The van der Waals surface area contributed by atoms with E-state index in [-0.39, 0.29) is 5.63 Å². The fraction of sp³-hybridized carbons (Fsp3) is 0.167. The molecule has 1 aromatic heterocycles. The van der Waals surface area contributed by atoms with Crippen LogP contribution in [0.2, 0.25) is 0 Å². The maximum atomic E-state index is 11.0. The van der Waals surface area contributed by atoms with Gasteiger partial charge >= 0.3 is 5.63 Å². The normalized spacial score (nSPS) is 14.6. The van der Waals surface area contributed by atoms with Gasteiger partial charge in [0.2, 0.25) is 0 Å². The Kier molecular flexibility index (Phi) is 3.48. The van der Waals surface area contributed by atoms with E-state index in [9.17, 15) is 4.79 Å². The molecule has 0 saturated heterocycles. The van der Waals surface area contributed by atoms with Gasteiger partial charge in [0.25, 0.3) is 0 Å². The number of allylic oxidation sites excluding steroid dienone is 6. The van der Waals surface area contributed by atoms with Crippen LogP contribution in [-0.2, 0) is 0 Å². The van der Waals surface area contributed by atoms with Crippen LogP contribution in [0.3, 0.4) is 0 Å². The summed E-state index contributed by atoms with van der Waals surface area (Å²) in [5.74, 6) is 0. The van der Waals surface area contributed by atoms with Gasteiger partial charge in [-0.15, -0.1) is 0 Å². The van der Waals surface area contributed by atoms with Crippen LogP contribution in [-0.4, -0.2) is 14.1 Å². The first-order chi connectivity index (χ1) is 10.1. The van der Waals surface area contributed by atoms with E-state index in [1.54, 1.807) is 6.07 Å². The second kappa shape index (κ2) is 5.44. The van der Waals surface area contributed by atoms with Gasteiger partial charge in [-0.3, -0.25) is 0 Å². The minimum atomic E-state index is -0.312. The van der Waals surface area contributed by atoms with Crippen LogP contribution in [0.5, 0.6) is 0 Å². The third kappa shape index (κ3) is 2.97. The van der Waals surface area contributed by atoms with Gasteiger partial charge in [0.15, 0.2) is 0 Å². The van der Waals surface area contributed by atoms with Crippen molar-refractivity contribution in [1.29, 1.82) is 0 Å². The third-order valence-electron chi connectivity index (χ3n) is 3.55. The molecular weight excluding hydrogens is 262 g/mol. The van der Waals surface area contributed by atoms with Gasteiger partial charge < -0.3 is 9.32 Å². The average molecular weight is 279 g/mol. The average Bonchev–Trinajstić information content (AvgIpc) is 3.12. The lowest BCUT2D eigenvalue weighted by molar-refractivity contribution is 0.561. The summed E-state index contributed by atoms with van der Waals surface area (Å²) in [4.78, 5) is 12.9. The van der Waals surface area contributed by atoms with E-state index >= 15 is 0 Å². The van der Waals surface area contributed by atoms with Crippen LogP contribution in [0.25, 0.3) is 11.0 Å². The molecule has 0 radical (unpaired) electrons. The smallest absolute Gasteiger partial charge is 0.336 e. The molecule has 1 heterocycles. The number of benzene rings is 1. The second-order valence-electron chi connectivity index (χ2n) is 5.36. The SMILES string of the molecule is C1=CC2=CC=C1C2.CN(C)c1ccc2ccc(=O)oc2c1. The Morgan fingerprint density at radius 2 is 1.67 bits per heavy atom. The largest absolute Gasteiger partial charge is 0.423 e. The Balaban J connectivity index is 0.000000156. The van der Waals surface area contributed by atoms with Gasteiger partial charge in [-0.05, 0) is 35.8 Å². The summed E-state index contributed by atoms with van der Waals surface area (Å²) in [5.41, 5.74) is 4.27. The molecule has 2 aromatic rings. The van der Waals surface area contributed by atoms with Crippen molar-refractivity contribution >= 4 is 16.7 Å². The predicted octanol–water partition coefficient (Wildman–Crippen LogP) is 3.67. The highest BCUT2D eigenvalue weighted by Crippen LogP contribution is 2.27. The monoisotopic (exact) mass is 279 g/mol. The molecule has 2 aliphatic rings. The molecule has 0 saturated carbocycles. The van der Waals surface area contributed by atoms with Crippen molar-refractivity contribution in [3.05, 3.63) is 76.2 Å². The second-order valence-corrected chi connectivity index (χ2v) is 5.36. The van der Waals surface area contributed by atoms with E-state index in [4.69, 9.17) is 4.42 Å². The lowest BCUT2D eigenvalue weighted by Crippen LogP contribution is -2.08. The Morgan fingerprint density at radius 1 is 1.00 bits per heavy atom. The first-order valence-corrected chi connectivity index (χ1v) is 6.91. The Bertz CT molecular complexity index is 802. The van der Waals surface area contributed by atoms with Gasteiger partial charge in [0.05, 0.1) is 0 Å². The molecule has 3 heteroatoms. The minimum Gasteiger partial charge on any atom is -0.423 e. The molecule has 0 unspecified atom stereocenters. The number of fused-ring (bicyclic) bond motifs is 3. The highest BCUT2D eigenvalue weighted by Gasteiger charge is 2.07. The van der Waals surface area contributed by atoms with Crippen LogP contribution in [0.1, 0.15) is 6.42 Å². The van der Waals surface area contributed by atoms with Crippen molar-refractivity contribution in [2.24, 2.45) is 0 Å². The number of hydrogen-bond acceptors (Lipinski definition) is 3. The van der Waals surface area contributed by atoms with Gasteiger partial charge in [-0.25, -0.2) is 4.79 Å². The lowest BCUT2D eigenvalue weighted by atomic mass is 10.2. The zero-order chi connectivity index (χ0) is 14.8. The number of rotatable bonds is 1. The van der Waals surface area contributed by atoms with Gasteiger partial charge in [0, 0.05) is 37.3 Å². The summed E-state index contributed by atoms with van der Waals surface area (Å²) < 4.78 is 5.07. The van der Waals surface area contributed by atoms with Crippen LogP contribution in [0.4, 0.5) is 5.69 Å². The third-order valence-corrected chi connectivity index (χ3v) is 3.55. The molecule has 1 aromatic carbocycles. The van der Waals surface area contributed by atoms with Crippen LogP contribution in [0, 0.1) is 0 Å². The number of anilines is 1. The fourth-order valence-corrected chi connectivity index (χ4v) is 2.34. The molecule has 106 valence electrons. The first-order valence-electron chi connectivity index (χ1n) is 6.91. The molecule has 21 heavy (non-hydrogen) atoms. The molecule has 2 aliphatic carbocycles. The Morgan fingerprint density at radius 3 is 2.19 bits per heavy atom. The highest BCUT2D eigenvalue weighted by atomic mass is 16.4. The molecule has 0 spiro atoms. The number of hydrogen-bond donors (Lipinski definition) is 0. The lowest BCUT2D eigenvalue weighted by Gasteiger charge is -2.11. The highest BCUT2D eigenvalue weighted by molar-refractivity contribution is 5.80. The maximum Gasteiger partial charge on any atom is 0.336 e. The predicted molar refractivity (Wildman–Crippen MR) is 86.7 cm³/mol. The van der Waals surface area contributed by atoms with Crippen molar-refractivity contribution in [3.8, 4) is 0 Å². The molecule has 2 bridgehead atoms. The molecule has 0 N–H and O–H groups in total. The number of nitrogens with zero attached hydrogens (tertiary/aromatic N) is 1. The van der Waals surface area contributed by atoms with E-state index in [2.05, 4.69) is 24.3 Å².